The van der Waals surface area contributed by atoms with Crippen molar-refractivity contribution in [2.24, 2.45) is 0 Å². The van der Waals surface area contributed by atoms with E-state index in [-0.39, 0.29) is 28.6 Å². The van der Waals surface area contributed by atoms with Gasteiger partial charge in [-0.15, -0.1) is 11.5 Å². The van der Waals surface area contributed by atoms with Crippen LogP contribution in [-0.2, 0) is 17.1 Å². The first kappa shape index (κ1) is 31.0. The van der Waals surface area contributed by atoms with Crippen LogP contribution in [0.15, 0.2) is 140 Å². The molecular weight excluding hydrogens is 478 g/mol. The van der Waals surface area contributed by atoms with E-state index in [1.807, 2.05) is 92.7 Å². The molecule has 6 heteroatoms. The van der Waals surface area contributed by atoms with Crippen molar-refractivity contribution in [3.8, 4) is 11.5 Å². The first-order valence-electron chi connectivity index (χ1n) is 10.6. The van der Waals surface area contributed by atoms with Crippen LogP contribution < -0.4 is 10.2 Å². The maximum absolute atomic E-state index is 10.6. The van der Waals surface area contributed by atoms with E-state index >= 15 is 0 Å². The second-order valence-corrected chi connectivity index (χ2v) is 6.60. The molecule has 0 saturated heterocycles. The molecule has 5 aromatic rings. The van der Waals surface area contributed by atoms with Gasteiger partial charge in [0.1, 0.15) is 0 Å². The molecule has 0 saturated carbocycles. The monoisotopic (exact) mass is 507 g/mol. The SMILES string of the molecule is Cc1ccccc1[O-].Cc1ccccc1[O-].[Fe+2].c1ccncc1.c1ccncc1.c1ccncc1. The van der Waals surface area contributed by atoms with Crippen molar-refractivity contribution in [3.63, 3.8) is 0 Å². The maximum atomic E-state index is 10.6. The van der Waals surface area contributed by atoms with Gasteiger partial charge in [-0.2, -0.15) is 0 Å². The van der Waals surface area contributed by atoms with Gasteiger partial charge in [-0.1, -0.05) is 77.9 Å². The van der Waals surface area contributed by atoms with Gasteiger partial charge in [0.25, 0.3) is 0 Å². The summed E-state index contributed by atoms with van der Waals surface area (Å²) in [6.07, 6.45) is 10.5. The van der Waals surface area contributed by atoms with E-state index in [0.29, 0.717) is 0 Å². The van der Waals surface area contributed by atoms with Crippen molar-refractivity contribution >= 4 is 0 Å². The second-order valence-electron chi connectivity index (χ2n) is 6.60. The van der Waals surface area contributed by atoms with Crippen LogP contribution in [0.1, 0.15) is 11.1 Å². The average molecular weight is 507 g/mol. The van der Waals surface area contributed by atoms with Crippen LogP contribution in [0.5, 0.6) is 11.5 Å². The molecule has 0 aliphatic carbocycles. The molecule has 3 aromatic heterocycles. The Hall–Kier alpha value is -3.99. The van der Waals surface area contributed by atoms with E-state index in [2.05, 4.69) is 15.0 Å². The minimum absolute atomic E-state index is 0. The fourth-order valence-corrected chi connectivity index (χ4v) is 2.05. The Balaban J connectivity index is 0.000000413. The minimum atomic E-state index is 0. The van der Waals surface area contributed by atoms with Crippen LogP contribution in [0.4, 0.5) is 0 Å². The van der Waals surface area contributed by atoms with Crippen molar-refractivity contribution in [1.82, 2.24) is 15.0 Å². The summed E-state index contributed by atoms with van der Waals surface area (Å²) in [5, 5.41) is 21.2. The Morgan fingerprint density at radius 3 is 0.771 bits per heavy atom. The molecule has 2 aromatic carbocycles. The van der Waals surface area contributed by atoms with E-state index in [1.54, 1.807) is 61.4 Å². The Kier molecular flexibility index (Phi) is 19.3. The van der Waals surface area contributed by atoms with Crippen molar-refractivity contribution in [2.45, 2.75) is 13.8 Å². The fourth-order valence-electron chi connectivity index (χ4n) is 2.05. The smallest absolute Gasteiger partial charge is 0.872 e. The number of rotatable bonds is 0. The molecule has 0 aliphatic rings. The zero-order valence-electron chi connectivity index (χ0n) is 19.8. The third-order valence-electron chi connectivity index (χ3n) is 3.89. The summed E-state index contributed by atoms with van der Waals surface area (Å²) in [6.45, 7) is 3.62. The van der Waals surface area contributed by atoms with Gasteiger partial charge in [-0.05, 0) is 50.2 Å². The van der Waals surface area contributed by atoms with E-state index in [1.165, 1.54) is 0 Å². The predicted octanol–water partition coefficient (Wildman–Crippen LogP) is 5.38. The van der Waals surface area contributed by atoms with Crippen molar-refractivity contribution in [1.29, 1.82) is 0 Å². The quantitative estimate of drug-likeness (QED) is 0.263. The van der Waals surface area contributed by atoms with Crippen LogP contribution in [-0.4, -0.2) is 15.0 Å². The van der Waals surface area contributed by atoms with Gasteiger partial charge >= 0.3 is 17.1 Å². The molecule has 35 heavy (non-hydrogen) atoms. The van der Waals surface area contributed by atoms with Gasteiger partial charge in [0.15, 0.2) is 0 Å². The van der Waals surface area contributed by atoms with Gasteiger partial charge in [-0.25, -0.2) is 0 Å². The van der Waals surface area contributed by atoms with Gasteiger partial charge < -0.3 is 10.2 Å². The summed E-state index contributed by atoms with van der Waals surface area (Å²) in [5.41, 5.74) is 1.63. The molecule has 0 N–H and O–H groups in total. The molecular formula is C29H29FeN3O2. The van der Waals surface area contributed by atoms with E-state index in [4.69, 9.17) is 0 Å². The van der Waals surface area contributed by atoms with Gasteiger partial charge in [-0.3, -0.25) is 15.0 Å². The largest absolute Gasteiger partial charge is 2.00 e. The van der Waals surface area contributed by atoms with Gasteiger partial charge in [0.05, 0.1) is 0 Å². The minimum Gasteiger partial charge on any atom is -0.872 e. The molecule has 0 unspecified atom stereocenters. The number of hydrogen-bond acceptors (Lipinski definition) is 5. The Morgan fingerprint density at radius 2 is 0.657 bits per heavy atom. The summed E-state index contributed by atoms with van der Waals surface area (Å²) in [7, 11) is 0. The summed E-state index contributed by atoms with van der Waals surface area (Å²) >= 11 is 0. The standard InChI is InChI=1S/2C7H8O.3C5H5N.Fe/c2*1-6-4-2-3-5-7(6)8;3*1-2-4-6-5-3-1;/h2*2-5,8H,1H3;3*1-5H;/q;;;;;+2/p-2. The number of hydrogen-bond donors (Lipinski definition) is 0. The molecule has 0 fully saturated rings. The maximum Gasteiger partial charge on any atom is 2.00 e. The Bertz CT molecular complexity index is 860. The zero-order chi connectivity index (χ0) is 24.7. The third-order valence-corrected chi connectivity index (χ3v) is 3.89. The summed E-state index contributed by atoms with van der Waals surface area (Å²) in [5.74, 6) is 0.236. The summed E-state index contributed by atoms with van der Waals surface area (Å²) in [6, 6.07) is 31.1. The second kappa shape index (κ2) is 21.8. The molecule has 0 spiro atoms. The molecule has 3 heterocycles. The van der Waals surface area contributed by atoms with Gasteiger partial charge in [0, 0.05) is 37.2 Å². The molecule has 0 bridgehead atoms. The molecule has 5 rings (SSSR count). The molecule has 0 aliphatic heterocycles. The summed E-state index contributed by atoms with van der Waals surface area (Å²) < 4.78 is 0. The van der Waals surface area contributed by atoms with Crippen LogP contribution in [0.3, 0.4) is 0 Å². The topological polar surface area (TPSA) is 84.8 Å². The number of para-hydroxylation sites is 2. The molecule has 0 radical (unpaired) electrons. The number of aromatic nitrogens is 3. The first-order chi connectivity index (χ1) is 16.6. The molecule has 5 nitrogen and oxygen atoms in total. The third kappa shape index (κ3) is 18.2. The molecule has 0 amide bonds. The van der Waals surface area contributed by atoms with Crippen LogP contribution >= 0.6 is 0 Å². The average Bonchev–Trinajstić information content (AvgIpc) is 2.92. The van der Waals surface area contributed by atoms with Crippen LogP contribution in [0.25, 0.3) is 0 Å². The number of nitrogens with zero attached hydrogens (tertiary/aromatic N) is 3. The first-order valence-corrected chi connectivity index (χ1v) is 10.6. The number of benzene rings is 2. The summed E-state index contributed by atoms with van der Waals surface area (Å²) in [4.78, 5) is 11.4. The molecule has 180 valence electrons. The predicted molar refractivity (Wildman–Crippen MR) is 134 cm³/mol. The van der Waals surface area contributed by atoms with E-state index < -0.39 is 0 Å². The van der Waals surface area contributed by atoms with Crippen LogP contribution in [0, 0.1) is 13.8 Å². The Labute approximate surface area is 218 Å². The van der Waals surface area contributed by atoms with E-state index in [0.717, 1.165) is 11.1 Å². The van der Waals surface area contributed by atoms with Crippen molar-refractivity contribution in [3.05, 3.63) is 151 Å². The zero-order valence-corrected chi connectivity index (χ0v) is 20.9. The normalized spacial score (nSPS) is 8.29. The number of pyridine rings is 3. The molecule has 0 atom stereocenters. The van der Waals surface area contributed by atoms with Crippen LogP contribution in [0.2, 0.25) is 0 Å². The van der Waals surface area contributed by atoms with Gasteiger partial charge in [0.2, 0.25) is 0 Å². The van der Waals surface area contributed by atoms with E-state index in [9.17, 15) is 10.2 Å². The number of aryl methyl sites for hydroxylation is 2. The van der Waals surface area contributed by atoms with Crippen molar-refractivity contribution < 1.29 is 27.3 Å². The Morgan fingerprint density at radius 1 is 0.400 bits per heavy atom. The van der Waals surface area contributed by atoms with Crippen molar-refractivity contribution in [2.75, 3.05) is 0 Å². The fraction of sp³-hybridized carbons (Fsp3) is 0.0690.